The second-order valence-electron chi connectivity index (χ2n) is 5.88. The van der Waals surface area contributed by atoms with Gasteiger partial charge in [-0.15, -0.1) is 0 Å². The molecule has 1 aromatic rings. The van der Waals surface area contributed by atoms with E-state index in [-0.39, 0.29) is 0 Å². The SMILES string of the molecule is CN(Cc1ccc2c(c1)CCN2)C1CCCCC1. The van der Waals surface area contributed by atoms with Crippen LogP contribution in [0.4, 0.5) is 5.69 Å². The minimum atomic E-state index is 0.810. The Hall–Kier alpha value is -1.02. The van der Waals surface area contributed by atoms with E-state index in [1.165, 1.54) is 55.3 Å². The highest BCUT2D eigenvalue weighted by Crippen LogP contribution is 2.26. The Balaban J connectivity index is 1.64. The molecular formula is C16H24N2. The lowest BCUT2D eigenvalue weighted by Gasteiger charge is -2.31. The van der Waals surface area contributed by atoms with Crippen molar-refractivity contribution in [3.05, 3.63) is 29.3 Å². The number of nitrogens with zero attached hydrogens (tertiary/aromatic N) is 1. The van der Waals surface area contributed by atoms with Crippen molar-refractivity contribution in [2.24, 2.45) is 0 Å². The average Bonchev–Trinajstić information content (AvgIpc) is 2.87. The van der Waals surface area contributed by atoms with Crippen LogP contribution >= 0.6 is 0 Å². The largest absolute Gasteiger partial charge is 0.384 e. The Kier molecular flexibility index (Phi) is 3.55. The summed E-state index contributed by atoms with van der Waals surface area (Å²) in [6.45, 7) is 2.22. The molecule has 0 saturated heterocycles. The summed E-state index contributed by atoms with van der Waals surface area (Å²) in [5, 5.41) is 3.43. The summed E-state index contributed by atoms with van der Waals surface area (Å²) in [7, 11) is 2.29. The van der Waals surface area contributed by atoms with Crippen LogP contribution in [-0.2, 0) is 13.0 Å². The number of anilines is 1. The minimum Gasteiger partial charge on any atom is -0.384 e. The average molecular weight is 244 g/mol. The van der Waals surface area contributed by atoms with Crippen LogP contribution in [0.25, 0.3) is 0 Å². The van der Waals surface area contributed by atoms with E-state index < -0.39 is 0 Å². The molecule has 2 nitrogen and oxygen atoms in total. The Morgan fingerprint density at radius 2 is 2.06 bits per heavy atom. The molecule has 98 valence electrons. The lowest BCUT2D eigenvalue weighted by molar-refractivity contribution is 0.184. The van der Waals surface area contributed by atoms with Gasteiger partial charge >= 0.3 is 0 Å². The molecule has 18 heavy (non-hydrogen) atoms. The van der Waals surface area contributed by atoms with Crippen molar-refractivity contribution in [3.8, 4) is 0 Å². The Morgan fingerprint density at radius 3 is 2.89 bits per heavy atom. The van der Waals surface area contributed by atoms with E-state index in [0.717, 1.165) is 19.1 Å². The fourth-order valence-electron chi connectivity index (χ4n) is 3.40. The maximum atomic E-state index is 3.43. The van der Waals surface area contributed by atoms with Gasteiger partial charge in [-0.3, -0.25) is 4.90 Å². The molecule has 1 aliphatic carbocycles. The zero-order valence-electron chi connectivity index (χ0n) is 11.4. The lowest BCUT2D eigenvalue weighted by Crippen LogP contribution is -2.32. The molecule has 0 amide bonds. The molecule has 1 saturated carbocycles. The van der Waals surface area contributed by atoms with Crippen LogP contribution in [0.15, 0.2) is 18.2 Å². The first-order valence-electron chi connectivity index (χ1n) is 7.39. The van der Waals surface area contributed by atoms with Crippen LogP contribution < -0.4 is 5.32 Å². The fraction of sp³-hybridized carbons (Fsp3) is 0.625. The quantitative estimate of drug-likeness (QED) is 0.876. The third kappa shape index (κ3) is 2.54. The summed E-state index contributed by atoms with van der Waals surface area (Å²) in [6, 6.07) is 7.75. The number of fused-ring (bicyclic) bond motifs is 1. The topological polar surface area (TPSA) is 15.3 Å². The standard InChI is InChI=1S/C16H24N2/c1-18(15-5-3-2-4-6-15)12-13-7-8-16-14(11-13)9-10-17-16/h7-8,11,15,17H,2-6,9-10,12H2,1H3. The molecule has 2 heteroatoms. The van der Waals surface area contributed by atoms with E-state index in [0.29, 0.717) is 0 Å². The van der Waals surface area contributed by atoms with Crippen LogP contribution in [-0.4, -0.2) is 24.5 Å². The van der Waals surface area contributed by atoms with Crippen molar-refractivity contribution in [2.45, 2.75) is 51.1 Å². The smallest absolute Gasteiger partial charge is 0.0373 e. The van der Waals surface area contributed by atoms with Crippen molar-refractivity contribution in [3.63, 3.8) is 0 Å². The molecule has 0 radical (unpaired) electrons. The number of hydrogen-bond donors (Lipinski definition) is 1. The molecule has 0 unspecified atom stereocenters. The third-order valence-corrected chi connectivity index (χ3v) is 4.51. The van der Waals surface area contributed by atoms with E-state index in [1.54, 1.807) is 0 Å². The zero-order chi connectivity index (χ0) is 12.4. The molecule has 1 aliphatic heterocycles. The summed E-state index contributed by atoms with van der Waals surface area (Å²) in [5.74, 6) is 0. The second kappa shape index (κ2) is 5.31. The molecule has 1 heterocycles. The van der Waals surface area contributed by atoms with E-state index in [4.69, 9.17) is 0 Å². The highest BCUT2D eigenvalue weighted by molar-refractivity contribution is 5.56. The molecular weight excluding hydrogens is 220 g/mol. The molecule has 1 N–H and O–H groups in total. The predicted molar refractivity (Wildman–Crippen MR) is 77.0 cm³/mol. The van der Waals surface area contributed by atoms with Crippen LogP contribution in [0.5, 0.6) is 0 Å². The summed E-state index contributed by atoms with van der Waals surface area (Å²) >= 11 is 0. The van der Waals surface area contributed by atoms with Gasteiger partial charge in [-0.25, -0.2) is 0 Å². The highest BCUT2D eigenvalue weighted by atomic mass is 15.1. The lowest BCUT2D eigenvalue weighted by atomic mass is 9.94. The zero-order valence-corrected chi connectivity index (χ0v) is 11.4. The second-order valence-corrected chi connectivity index (χ2v) is 5.88. The van der Waals surface area contributed by atoms with Crippen molar-refractivity contribution < 1.29 is 0 Å². The molecule has 3 rings (SSSR count). The van der Waals surface area contributed by atoms with Gasteiger partial charge < -0.3 is 5.32 Å². The van der Waals surface area contributed by atoms with E-state index in [2.05, 4.69) is 35.5 Å². The fourth-order valence-corrected chi connectivity index (χ4v) is 3.40. The van der Waals surface area contributed by atoms with Crippen molar-refractivity contribution in [1.29, 1.82) is 0 Å². The van der Waals surface area contributed by atoms with Gasteiger partial charge in [-0.2, -0.15) is 0 Å². The Bertz CT molecular complexity index is 408. The van der Waals surface area contributed by atoms with Crippen LogP contribution in [0.1, 0.15) is 43.2 Å². The maximum absolute atomic E-state index is 3.43. The van der Waals surface area contributed by atoms with Gasteiger partial charge in [0, 0.05) is 24.8 Å². The van der Waals surface area contributed by atoms with Crippen molar-refractivity contribution in [1.82, 2.24) is 4.90 Å². The number of hydrogen-bond acceptors (Lipinski definition) is 2. The first-order valence-corrected chi connectivity index (χ1v) is 7.39. The van der Waals surface area contributed by atoms with Gasteiger partial charge in [0.25, 0.3) is 0 Å². The van der Waals surface area contributed by atoms with Gasteiger partial charge in [0.15, 0.2) is 0 Å². The van der Waals surface area contributed by atoms with E-state index in [1.807, 2.05) is 0 Å². The summed E-state index contributed by atoms with van der Waals surface area (Å²) in [6.07, 6.45) is 8.25. The van der Waals surface area contributed by atoms with E-state index >= 15 is 0 Å². The monoisotopic (exact) mass is 244 g/mol. The predicted octanol–water partition coefficient (Wildman–Crippen LogP) is 3.42. The number of benzene rings is 1. The first kappa shape index (κ1) is 12.0. The highest BCUT2D eigenvalue weighted by Gasteiger charge is 2.18. The van der Waals surface area contributed by atoms with E-state index in [9.17, 15) is 0 Å². The molecule has 1 fully saturated rings. The van der Waals surface area contributed by atoms with Gasteiger partial charge in [0.05, 0.1) is 0 Å². The van der Waals surface area contributed by atoms with Gasteiger partial charge in [-0.05, 0) is 43.5 Å². The normalized spacial score (nSPS) is 19.9. The van der Waals surface area contributed by atoms with Gasteiger partial charge in [0.2, 0.25) is 0 Å². The third-order valence-electron chi connectivity index (χ3n) is 4.51. The van der Waals surface area contributed by atoms with Crippen LogP contribution in [0, 0.1) is 0 Å². The summed E-state index contributed by atoms with van der Waals surface area (Å²) < 4.78 is 0. The maximum Gasteiger partial charge on any atom is 0.0373 e. The van der Waals surface area contributed by atoms with Gasteiger partial charge in [0.1, 0.15) is 0 Å². The van der Waals surface area contributed by atoms with Crippen LogP contribution in [0.3, 0.4) is 0 Å². The Labute approximate surface area is 110 Å². The number of rotatable bonds is 3. The van der Waals surface area contributed by atoms with Crippen molar-refractivity contribution in [2.75, 3.05) is 18.9 Å². The molecule has 1 aromatic carbocycles. The van der Waals surface area contributed by atoms with Gasteiger partial charge in [-0.1, -0.05) is 31.4 Å². The first-order chi connectivity index (χ1) is 8.83. The molecule has 0 spiro atoms. The Morgan fingerprint density at radius 1 is 1.22 bits per heavy atom. The van der Waals surface area contributed by atoms with Crippen molar-refractivity contribution >= 4 is 5.69 Å². The summed E-state index contributed by atoms with van der Waals surface area (Å²) in [5.41, 5.74) is 4.33. The summed E-state index contributed by atoms with van der Waals surface area (Å²) in [4.78, 5) is 2.56. The molecule has 0 bridgehead atoms. The minimum absolute atomic E-state index is 0.810. The molecule has 0 aromatic heterocycles. The van der Waals surface area contributed by atoms with Crippen LogP contribution in [0.2, 0.25) is 0 Å². The molecule has 2 aliphatic rings. The number of nitrogens with one attached hydrogen (secondary N) is 1. The molecule has 0 atom stereocenters.